The van der Waals surface area contributed by atoms with E-state index in [1.807, 2.05) is 0 Å². The van der Waals surface area contributed by atoms with Gasteiger partial charge in [-0.3, -0.25) is 0 Å². The maximum absolute atomic E-state index is 3.83. The zero-order valence-electron chi connectivity index (χ0n) is 10.5. The van der Waals surface area contributed by atoms with Crippen molar-refractivity contribution < 1.29 is 0 Å². The molecule has 2 fully saturated rings. The van der Waals surface area contributed by atoms with Crippen LogP contribution >= 0.6 is 0 Å². The van der Waals surface area contributed by atoms with E-state index in [9.17, 15) is 0 Å². The molecule has 2 aliphatic rings. The van der Waals surface area contributed by atoms with Crippen LogP contribution in [0.3, 0.4) is 0 Å². The Bertz CT molecular complexity index is 184. The van der Waals surface area contributed by atoms with Gasteiger partial charge in [0.05, 0.1) is 0 Å². The van der Waals surface area contributed by atoms with Gasteiger partial charge in [-0.25, -0.2) is 0 Å². The summed E-state index contributed by atoms with van der Waals surface area (Å²) in [6.07, 6.45) is 11.6. The SMILES string of the molecule is CCC1(C)CCC2CCCCCC2CN1. The Hall–Kier alpha value is -0.0400. The minimum absolute atomic E-state index is 0.437. The Morgan fingerprint density at radius 2 is 1.80 bits per heavy atom. The second-order valence-corrected chi connectivity index (χ2v) is 5.99. The number of nitrogens with one attached hydrogen (secondary N) is 1. The van der Waals surface area contributed by atoms with Crippen molar-refractivity contribution >= 4 is 0 Å². The maximum Gasteiger partial charge on any atom is 0.0150 e. The molecule has 0 amide bonds. The van der Waals surface area contributed by atoms with E-state index in [-0.39, 0.29) is 0 Å². The van der Waals surface area contributed by atoms with E-state index in [1.165, 1.54) is 57.9 Å². The second-order valence-electron chi connectivity index (χ2n) is 5.99. The molecule has 0 spiro atoms. The van der Waals surface area contributed by atoms with Crippen molar-refractivity contribution in [2.24, 2.45) is 11.8 Å². The summed E-state index contributed by atoms with van der Waals surface area (Å²) < 4.78 is 0. The van der Waals surface area contributed by atoms with E-state index in [4.69, 9.17) is 0 Å². The van der Waals surface area contributed by atoms with E-state index in [0.29, 0.717) is 5.54 Å². The quantitative estimate of drug-likeness (QED) is 0.694. The molecule has 0 aromatic carbocycles. The lowest BCUT2D eigenvalue weighted by atomic mass is 9.83. The van der Waals surface area contributed by atoms with Gasteiger partial charge in [-0.05, 0) is 51.0 Å². The van der Waals surface area contributed by atoms with Gasteiger partial charge in [-0.2, -0.15) is 0 Å². The third-order valence-corrected chi connectivity index (χ3v) is 4.95. The molecule has 1 saturated carbocycles. The van der Waals surface area contributed by atoms with Gasteiger partial charge in [-0.1, -0.05) is 32.6 Å². The zero-order chi connectivity index (χ0) is 10.7. The van der Waals surface area contributed by atoms with Crippen molar-refractivity contribution in [1.82, 2.24) is 5.32 Å². The topological polar surface area (TPSA) is 12.0 Å². The Balaban J connectivity index is 1.99. The monoisotopic (exact) mass is 209 g/mol. The molecule has 0 aromatic rings. The summed E-state index contributed by atoms with van der Waals surface area (Å²) in [7, 11) is 0. The summed E-state index contributed by atoms with van der Waals surface area (Å²) >= 11 is 0. The van der Waals surface area contributed by atoms with Gasteiger partial charge in [0.1, 0.15) is 0 Å². The van der Waals surface area contributed by atoms with Crippen molar-refractivity contribution in [3.63, 3.8) is 0 Å². The van der Waals surface area contributed by atoms with E-state index in [2.05, 4.69) is 19.2 Å². The third kappa shape index (κ3) is 2.75. The standard InChI is InChI=1S/C14H27N/c1-3-14(2)10-9-12-7-5-4-6-8-13(12)11-15-14/h12-13,15H,3-11H2,1-2H3. The highest BCUT2D eigenvalue weighted by molar-refractivity contribution is 4.89. The van der Waals surface area contributed by atoms with Crippen LogP contribution in [0.25, 0.3) is 0 Å². The molecule has 15 heavy (non-hydrogen) atoms. The first-order valence-corrected chi connectivity index (χ1v) is 6.98. The van der Waals surface area contributed by atoms with E-state index in [1.54, 1.807) is 0 Å². The van der Waals surface area contributed by atoms with Crippen LogP contribution in [0.4, 0.5) is 0 Å². The molecular formula is C14H27N. The number of hydrogen-bond acceptors (Lipinski definition) is 1. The van der Waals surface area contributed by atoms with Crippen LogP contribution in [0.1, 0.15) is 65.2 Å². The highest BCUT2D eigenvalue weighted by Crippen LogP contribution is 2.36. The third-order valence-electron chi connectivity index (χ3n) is 4.95. The fourth-order valence-corrected chi connectivity index (χ4v) is 3.38. The lowest BCUT2D eigenvalue weighted by molar-refractivity contribution is 0.309. The minimum atomic E-state index is 0.437. The summed E-state index contributed by atoms with van der Waals surface area (Å²) in [5.74, 6) is 2.02. The Labute approximate surface area is 95.0 Å². The van der Waals surface area contributed by atoms with Crippen molar-refractivity contribution in [1.29, 1.82) is 0 Å². The highest BCUT2D eigenvalue weighted by Gasteiger charge is 2.32. The summed E-state index contributed by atoms with van der Waals surface area (Å²) in [6.45, 7) is 6.03. The molecule has 0 radical (unpaired) electrons. The summed E-state index contributed by atoms with van der Waals surface area (Å²) in [5.41, 5.74) is 0.437. The second kappa shape index (κ2) is 4.86. The van der Waals surface area contributed by atoms with Crippen molar-refractivity contribution in [2.75, 3.05) is 6.54 Å². The smallest absolute Gasteiger partial charge is 0.0150 e. The Morgan fingerprint density at radius 1 is 1.07 bits per heavy atom. The van der Waals surface area contributed by atoms with Gasteiger partial charge in [0.25, 0.3) is 0 Å². The predicted molar refractivity (Wildman–Crippen MR) is 66.0 cm³/mol. The van der Waals surface area contributed by atoms with Gasteiger partial charge < -0.3 is 5.32 Å². The Morgan fingerprint density at radius 3 is 2.53 bits per heavy atom. The molecule has 1 aliphatic heterocycles. The number of fused-ring (bicyclic) bond motifs is 1. The van der Waals surface area contributed by atoms with Crippen LogP contribution in [0.2, 0.25) is 0 Å². The molecule has 1 saturated heterocycles. The average molecular weight is 209 g/mol. The Kier molecular flexibility index (Phi) is 3.71. The molecule has 2 rings (SSSR count). The molecule has 3 atom stereocenters. The summed E-state index contributed by atoms with van der Waals surface area (Å²) in [4.78, 5) is 0. The molecule has 0 bridgehead atoms. The van der Waals surface area contributed by atoms with Gasteiger partial charge in [0, 0.05) is 5.54 Å². The molecule has 1 heteroatoms. The van der Waals surface area contributed by atoms with Crippen LogP contribution in [-0.4, -0.2) is 12.1 Å². The molecular weight excluding hydrogens is 182 g/mol. The fraction of sp³-hybridized carbons (Fsp3) is 1.00. The van der Waals surface area contributed by atoms with Crippen molar-refractivity contribution in [3.8, 4) is 0 Å². The van der Waals surface area contributed by atoms with Gasteiger partial charge in [0.2, 0.25) is 0 Å². The number of rotatable bonds is 1. The molecule has 1 aliphatic carbocycles. The maximum atomic E-state index is 3.83. The summed E-state index contributed by atoms with van der Waals surface area (Å²) in [5, 5.41) is 3.83. The number of hydrogen-bond donors (Lipinski definition) is 1. The van der Waals surface area contributed by atoms with Crippen molar-refractivity contribution in [2.45, 2.75) is 70.8 Å². The average Bonchev–Trinajstić information content (AvgIpc) is 2.55. The first-order valence-electron chi connectivity index (χ1n) is 6.98. The fourth-order valence-electron chi connectivity index (χ4n) is 3.38. The molecule has 3 unspecified atom stereocenters. The molecule has 1 heterocycles. The molecule has 0 aromatic heterocycles. The van der Waals surface area contributed by atoms with Crippen LogP contribution in [0.5, 0.6) is 0 Å². The lowest BCUT2D eigenvalue weighted by Gasteiger charge is -2.28. The van der Waals surface area contributed by atoms with Crippen LogP contribution in [0, 0.1) is 11.8 Å². The first-order chi connectivity index (χ1) is 7.23. The van der Waals surface area contributed by atoms with Crippen LogP contribution < -0.4 is 5.32 Å². The molecule has 1 nitrogen and oxygen atoms in total. The van der Waals surface area contributed by atoms with Gasteiger partial charge in [0.15, 0.2) is 0 Å². The van der Waals surface area contributed by atoms with E-state index < -0.39 is 0 Å². The molecule has 88 valence electrons. The van der Waals surface area contributed by atoms with Gasteiger partial charge >= 0.3 is 0 Å². The zero-order valence-corrected chi connectivity index (χ0v) is 10.5. The van der Waals surface area contributed by atoms with E-state index >= 15 is 0 Å². The first kappa shape index (κ1) is 11.4. The van der Waals surface area contributed by atoms with Crippen molar-refractivity contribution in [3.05, 3.63) is 0 Å². The minimum Gasteiger partial charge on any atom is -0.311 e. The van der Waals surface area contributed by atoms with Crippen LogP contribution in [-0.2, 0) is 0 Å². The lowest BCUT2D eigenvalue weighted by Crippen LogP contribution is -2.42. The van der Waals surface area contributed by atoms with Crippen LogP contribution in [0.15, 0.2) is 0 Å². The summed E-state index contributed by atoms with van der Waals surface area (Å²) in [6, 6.07) is 0. The molecule has 1 N–H and O–H groups in total. The normalized spacial score (nSPS) is 42.8. The predicted octanol–water partition coefficient (Wildman–Crippen LogP) is 3.74. The van der Waals surface area contributed by atoms with Gasteiger partial charge in [-0.15, -0.1) is 0 Å². The van der Waals surface area contributed by atoms with E-state index in [0.717, 1.165) is 11.8 Å². The highest BCUT2D eigenvalue weighted by atomic mass is 15.0. The largest absolute Gasteiger partial charge is 0.311 e.